The van der Waals surface area contributed by atoms with E-state index < -0.39 is 16.0 Å². The van der Waals surface area contributed by atoms with Gasteiger partial charge in [-0.25, -0.2) is 13.2 Å². The van der Waals surface area contributed by atoms with E-state index in [1.807, 2.05) is 0 Å². The molecule has 7 nitrogen and oxygen atoms in total. The summed E-state index contributed by atoms with van der Waals surface area (Å²) < 4.78 is 43.5. The van der Waals surface area contributed by atoms with Gasteiger partial charge in [0.05, 0.1) is 37.5 Å². The molecule has 0 radical (unpaired) electrons. The van der Waals surface area contributed by atoms with Crippen LogP contribution in [0, 0.1) is 3.57 Å². The Morgan fingerprint density at radius 1 is 1.00 bits per heavy atom. The molecule has 0 amide bonds. The fourth-order valence-electron chi connectivity index (χ4n) is 2.06. The number of nitrogens with one attached hydrogen (secondary N) is 1. The van der Waals surface area contributed by atoms with Gasteiger partial charge >= 0.3 is 5.97 Å². The summed E-state index contributed by atoms with van der Waals surface area (Å²) in [6.45, 7) is 0. The average molecular weight is 477 g/mol. The number of hydrogen-bond acceptors (Lipinski definition) is 6. The summed E-state index contributed by atoms with van der Waals surface area (Å²) in [5.74, 6) is -0.156. The zero-order chi connectivity index (χ0) is 18.6. The number of carbonyl (C=O) groups is 1. The van der Waals surface area contributed by atoms with Gasteiger partial charge in [-0.3, -0.25) is 4.72 Å². The van der Waals surface area contributed by atoms with Gasteiger partial charge < -0.3 is 14.2 Å². The Labute approximate surface area is 159 Å². The summed E-state index contributed by atoms with van der Waals surface area (Å²) in [4.78, 5) is 12.1. The first kappa shape index (κ1) is 19.3. The Kier molecular flexibility index (Phi) is 6.11. The number of methoxy groups -OCH3 is 3. The lowest BCUT2D eigenvalue weighted by atomic mass is 10.1. The highest BCUT2D eigenvalue weighted by atomic mass is 127. The lowest BCUT2D eigenvalue weighted by Crippen LogP contribution is -2.16. The number of sulfonamides is 1. The van der Waals surface area contributed by atoms with Gasteiger partial charge in [0.1, 0.15) is 0 Å². The van der Waals surface area contributed by atoms with Gasteiger partial charge in [-0.2, -0.15) is 0 Å². The quantitative estimate of drug-likeness (QED) is 0.509. The summed E-state index contributed by atoms with van der Waals surface area (Å²) in [7, 11) is 0.129. The third kappa shape index (κ3) is 4.34. The molecule has 0 aliphatic heterocycles. The van der Waals surface area contributed by atoms with E-state index in [2.05, 4.69) is 27.3 Å². The molecule has 2 aromatic carbocycles. The van der Waals surface area contributed by atoms with Crippen molar-refractivity contribution in [2.45, 2.75) is 4.90 Å². The molecule has 9 heteroatoms. The van der Waals surface area contributed by atoms with E-state index in [1.54, 1.807) is 12.1 Å². The number of hydrogen-bond donors (Lipinski definition) is 1. The minimum atomic E-state index is -3.90. The third-order valence-electron chi connectivity index (χ3n) is 3.30. The molecule has 0 atom stereocenters. The number of anilines is 1. The Balaban J connectivity index is 2.53. The van der Waals surface area contributed by atoms with E-state index >= 15 is 0 Å². The predicted molar refractivity (Wildman–Crippen MR) is 101 cm³/mol. The molecule has 2 rings (SSSR count). The van der Waals surface area contributed by atoms with Crippen molar-refractivity contribution in [1.82, 2.24) is 0 Å². The molecule has 0 bridgehead atoms. The normalized spacial score (nSPS) is 10.9. The number of rotatable bonds is 6. The third-order valence-corrected chi connectivity index (χ3v) is 5.40. The summed E-state index contributed by atoms with van der Waals surface area (Å²) in [5, 5.41) is 0. The summed E-state index contributed by atoms with van der Waals surface area (Å²) in [6.07, 6.45) is 0. The molecule has 0 spiro atoms. The average Bonchev–Trinajstić information content (AvgIpc) is 2.60. The molecule has 25 heavy (non-hydrogen) atoms. The Morgan fingerprint density at radius 3 is 2.08 bits per heavy atom. The summed E-state index contributed by atoms with van der Waals surface area (Å²) in [6, 6.07) is 9.02. The van der Waals surface area contributed by atoms with E-state index in [4.69, 9.17) is 14.2 Å². The first-order valence-corrected chi connectivity index (χ1v) is 9.51. The highest BCUT2D eigenvalue weighted by Gasteiger charge is 2.22. The second-order valence-corrected chi connectivity index (χ2v) is 7.73. The van der Waals surface area contributed by atoms with Crippen molar-refractivity contribution in [2.24, 2.45) is 0 Å². The van der Waals surface area contributed by atoms with Gasteiger partial charge in [-0.1, -0.05) is 0 Å². The van der Waals surface area contributed by atoms with Crippen molar-refractivity contribution in [3.8, 4) is 11.5 Å². The second-order valence-electron chi connectivity index (χ2n) is 4.80. The highest BCUT2D eigenvalue weighted by molar-refractivity contribution is 14.1. The molecule has 134 valence electrons. The van der Waals surface area contributed by atoms with Gasteiger partial charge in [0, 0.05) is 15.7 Å². The van der Waals surface area contributed by atoms with Crippen LogP contribution in [0.4, 0.5) is 5.69 Å². The van der Waals surface area contributed by atoms with Gasteiger partial charge in [0.2, 0.25) is 0 Å². The maximum absolute atomic E-state index is 12.6. The molecule has 0 aliphatic rings. The fourth-order valence-corrected chi connectivity index (χ4v) is 3.49. The number of carbonyl (C=O) groups excluding carboxylic acids is 1. The molecule has 0 aromatic heterocycles. The zero-order valence-electron chi connectivity index (χ0n) is 13.7. The van der Waals surface area contributed by atoms with Crippen LogP contribution < -0.4 is 14.2 Å². The lowest BCUT2D eigenvalue weighted by Gasteiger charge is -2.15. The largest absolute Gasteiger partial charge is 0.493 e. The van der Waals surface area contributed by atoms with Crippen LogP contribution >= 0.6 is 22.6 Å². The van der Waals surface area contributed by atoms with Crippen LogP contribution in [0.25, 0.3) is 0 Å². The van der Waals surface area contributed by atoms with Crippen molar-refractivity contribution >= 4 is 44.3 Å². The smallest absolute Gasteiger partial charge is 0.340 e. The van der Waals surface area contributed by atoms with Gasteiger partial charge in [-0.15, -0.1) is 0 Å². The van der Waals surface area contributed by atoms with E-state index in [1.165, 1.54) is 45.6 Å². The number of ether oxygens (including phenoxy) is 3. The molecule has 0 aliphatic carbocycles. The first-order chi connectivity index (χ1) is 11.8. The van der Waals surface area contributed by atoms with E-state index in [-0.39, 0.29) is 27.6 Å². The van der Waals surface area contributed by atoms with Crippen LogP contribution in [-0.2, 0) is 14.8 Å². The van der Waals surface area contributed by atoms with Gasteiger partial charge in [0.25, 0.3) is 10.0 Å². The molecule has 0 saturated carbocycles. The monoisotopic (exact) mass is 477 g/mol. The first-order valence-electron chi connectivity index (χ1n) is 6.95. The molecule has 0 saturated heterocycles. The van der Waals surface area contributed by atoms with Crippen molar-refractivity contribution in [3.63, 3.8) is 0 Å². The number of halogens is 1. The fraction of sp³-hybridized carbons (Fsp3) is 0.188. The standard InChI is InChI=1S/C16H16INO6S/c1-22-14-8-12(16(19)24-3)13(9-15(14)23-2)18-25(20,21)11-6-4-10(17)5-7-11/h4-9,18H,1-3H3. The van der Waals surface area contributed by atoms with E-state index in [9.17, 15) is 13.2 Å². The minimum Gasteiger partial charge on any atom is -0.493 e. The van der Waals surface area contributed by atoms with Crippen LogP contribution in [0.3, 0.4) is 0 Å². The van der Waals surface area contributed by atoms with Crippen molar-refractivity contribution in [2.75, 3.05) is 26.1 Å². The number of esters is 1. The van der Waals surface area contributed by atoms with Crippen molar-refractivity contribution in [3.05, 3.63) is 45.5 Å². The molecule has 0 heterocycles. The predicted octanol–water partition coefficient (Wildman–Crippen LogP) is 2.90. The summed E-state index contributed by atoms with van der Waals surface area (Å²) in [5.41, 5.74) is 0.0392. The maximum atomic E-state index is 12.6. The van der Waals surface area contributed by atoms with Crippen molar-refractivity contribution < 1.29 is 27.4 Å². The van der Waals surface area contributed by atoms with E-state index in [0.717, 1.165) is 3.57 Å². The molecule has 0 unspecified atom stereocenters. The van der Waals surface area contributed by atoms with Crippen LogP contribution in [0.2, 0.25) is 0 Å². The van der Waals surface area contributed by atoms with Crippen LogP contribution in [0.15, 0.2) is 41.3 Å². The van der Waals surface area contributed by atoms with E-state index in [0.29, 0.717) is 0 Å². The maximum Gasteiger partial charge on any atom is 0.340 e. The summed E-state index contributed by atoms with van der Waals surface area (Å²) >= 11 is 2.08. The molecule has 2 aromatic rings. The SMILES string of the molecule is COC(=O)c1cc(OC)c(OC)cc1NS(=O)(=O)c1ccc(I)cc1. The second kappa shape index (κ2) is 7.91. The van der Waals surface area contributed by atoms with Crippen LogP contribution in [-0.4, -0.2) is 35.7 Å². The highest BCUT2D eigenvalue weighted by Crippen LogP contribution is 2.34. The molecule has 0 fully saturated rings. The van der Waals surface area contributed by atoms with Crippen LogP contribution in [0.1, 0.15) is 10.4 Å². The van der Waals surface area contributed by atoms with Gasteiger partial charge in [0.15, 0.2) is 11.5 Å². The van der Waals surface area contributed by atoms with Crippen LogP contribution in [0.5, 0.6) is 11.5 Å². The lowest BCUT2D eigenvalue weighted by molar-refractivity contribution is 0.0601. The molecule has 1 N–H and O–H groups in total. The van der Waals surface area contributed by atoms with Gasteiger partial charge in [-0.05, 0) is 46.9 Å². The molecular weight excluding hydrogens is 461 g/mol. The Bertz CT molecular complexity index is 880. The Morgan fingerprint density at radius 2 is 1.56 bits per heavy atom. The number of benzene rings is 2. The topological polar surface area (TPSA) is 90.9 Å². The minimum absolute atomic E-state index is 0.00855. The molecular formula is C16H16INO6S. The van der Waals surface area contributed by atoms with Crippen molar-refractivity contribution in [1.29, 1.82) is 0 Å². The Hall–Kier alpha value is -2.01. The zero-order valence-corrected chi connectivity index (χ0v) is 16.7.